The molecule has 0 aliphatic heterocycles. The molecule has 1 aliphatic rings. The summed E-state index contributed by atoms with van der Waals surface area (Å²) in [6, 6.07) is 0. The highest BCUT2D eigenvalue weighted by molar-refractivity contribution is 5.78. The second-order valence-electron chi connectivity index (χ2n) is 6.02. The maximum Gasteiger partial charge on any atom is 0.223 e. The minimum atomic E-state index is -0.212. The van der Waals surface area contributed by atoms with Crippen LogP contribution in [0.3, 0.4) is 0 Å². The van der Waals surface area contributed by atoms with Gasteiger partial charge in [-0.1, -0.05) is 6.92 Å². The standard InChI is InChI=1S/C16H27N3O2/c1-4-15-11(2)18-19(12(15)3)10-9-17-16(21)13-5-7-14(20)8-6-13/h13-14,20H,4-10H2,1-3H3,(H,17,21). The molecule has 21 heavy (non-hydrogen) atoms. The van der Waals surface area contributed by atoms with Gasteiger partial charge in [-0.2, -0.15) is 5.10 Å². The molecule has 1 amide bonds. The van der Waals surface area contributed by atoms with Gasteiger partial charge in [0.25, 0.3) is 0 Å². The first kappa shape index (κ1) is 16.0. The molecule has 0 spiro atoms. The lowest BCUT2D eigenvalue weighted by atomic mass is 9.87. The maximum absolute atomic E-state index is 12.1. The number of aliphatic hydroxyl groups excluding tert-OH is 1. The summed E-state index contributed by atoms with van der Waals surface area (Å²) in [7, 11) is 0. The number of carbonyl (C=O) groups excluding carboxylic acids is 1. The summed E-state index contributed by atoms with van der Waals surface area (Å²) in [5.41, 5.74) is 3.59. The summed E-state index contributed by atoms with van der Waals surface area (Å²) in [5.74, 6) is 0.194. The number of aliphatic hydroxyl groups is 1. The van der Waals surface area contributed by atoms with Gasteiger partial charge in [0.2, 0.25) is 5.91 Å². The molecule has 1 saturated carbocycles. The SMILES string of the molecule is CCc1c(C)nn(CCNC(=O)C2CCC(O)CC2)c1C. The van der Waals surface area contributed by atoms with Crippen molar-refractivity contribution in [3.05, 3.63) is 17.0 Å². The molecule has 1 heterocycles. The van der Waals surface area contributed by atoms with Crippen molar-refractivity contribution in [1.29, 1.82) is 0 Å². The number of aromatic nitrogens is 2. The number of nitrogens with zero attached hydrogens (tertiary/aromatic N) is 2. The van der Waals surface area contributed by atoms with Gasteiger partial charge in [0.1, 0.15) is 0 Å². The van der Waals surface area contributed by atoms with Crippen LogP contribution in [0.1, 0.15) is 49.6 Å². The van der Waals surface area contributed by atoms with Gasteiger partial charge in [-0.05, 0) is 51.5 Å². The van der Waals surface area contributed by atoms with Crippen molar-refractivity contribution in [1.82, 2.24) is 15.1 Å². The molecule has 0 bridgehead atoms. The minimum absolute atomic E-state index is 0.0695. The van der Waals surface area contributed by atoms with Crippen LogP contribution in [-0.2, 0) is 17.8 Å². The molecule has 2 rings (SSSR count). The molecule has 1 fully saturated rings. The normalized spacial score (nSPS) is 22.3. The third-order valence-electron chi connectivity index (χ3n) is 4.58. The van der Waals surface area contributed by atoms with Crippen molar-refractivity contribution >= 4 is 5.91 Å². The zero-order chi connectivity index (χ0) is 15.4. The zero-order valence-electron chi connectivity index (χ0n) is 13.4. The van der Waals surface area contributed by atoms with Crippen molar-refractivity contribution in [3.63, 3.8) is 0 Å². The second-order valence-corrected chi connectivity index (χ2v) is 6.02. The van der Waals surface area contributed by atoms with Crippen molar-refractivity contribution in [2.24, 2.45) is 5.92 Å². The fraction of sp³-hybridized carbons (Fsp3) is 0.750. The Morgan fingerprint density at radius 2 is 2.00 bits per heavy atom. The summed E-state index contributed by atoms with van der Waals surface area (Å²) in [6.07, 6.45) is 3.87. The summed E-state index contributed by atoms with van der Waals surface area (Å²) >= 11 is 0. The monoisotopic (exact) mass is 293 g/mol. The van der Waals surface area contributed by atoms with Gasteiger partial charge in [-0.25, -0.2) is 0 Å². The van der Waals surface area contributed by atoms with E-state index in [1.807, 2.05) is 11.6 Å². The molecule has 0 radical (unpaired) electrons. The van der Waals surface area contributed by atoms with Crippen LogP contribution in [-0.4, -0.2) is 33.4 Å². The molecule has 5 heteroatoms. The van der Waals surface area contributed by atoms with Crippen LogP contribution in [0, 0.1) is 19.8 Å². The lowest BCUT2D eigenvalue weighted by Gasteiger charge is -2.24. The maximum atomic E-state index is 12.1. The Morgan fingerprint density at radius 3 is 2.57 bits per heavy atom. The molecule has 0 unspecified atom stereocenters. The van der Waals surface area contributed by atoms with Gasteiger partial charge >= 0.3 is 0 Å². The van der Waals surface area contributed by atoms with Crippen LogP contribution in [0.25, 0.3) is 0 Å². The Hall–Kier alpha value is -1.36. The van der Waals surface area contributed by atoms with E-state index in [0.717, 1.165) is 37.8 Å². The van der Waals surface area contributed by atoms with Crippen LogP contribution < -0.4 is 5.32 Å². The average Bonchev–Trinajstić information content (AvgIpc) is 2.73. The molecule has 1 aromatic rings. The summed E-state index contributed by atoms with van der Waals surface area (Å²) in [6.45, 7) is 7.59. The molecule has 0 aromatic carbocycles. The van der Waals surface area contributed by atoms with Crippen LogP contribution in [0.4, 0.5) is 0 Å². The van der Waals surface area contributed by atoms with Crippen LogP contribution >= 0.6 is 0 Å². The Morgan fingerprint density at radius 1 is 1.33 bits per heavy atom. The Labute approximate surface area is 126 Å². The predicted molar refractivity (Wildman–Crippen MR) is 82.1 cm³/mol. The quantitative estimate of drug-likeness (QED) is 0.869. The van der Waals surface area contributed by atoms with Crippen LogP contribution in [0.5, 0.6) is 0 Å². The first-order valence-electron chi connectivity index (χ1n) is 8.01. The van der Waals surface area contributed by atoms with Gasteiger partial charge in [-0.3, -0.25) is 9.48 Å². The van der Waals surface area contributed by atoms with E-state index in [1.165, 1.54) is 11.3 Å². The fourth-order valence-corrected chi connectivity index (χ4v) is 3.23. The molecular weight excluding hydrogens is 266 g/mol. The van der Waals surface area contributed by atoms with Crippen molar-refractivity contribution in [2.75, 3.05) is 6.54 Å². The third-order valence-corrected chi connectivity index (χ3v) is 4.58. The molecule has 5 nitrogen and oxygen atoms in total. The van der Waals surface area contributed by atoms with Gasteiger partial charge in [-0.15, -0.1) is 0 Å². The van der Waals surface area contributed by atoms with Crippen LogP contribution in [0.15, 0.2) is 0 Å². The van der Waals surface area contributed by atoms with Crippen molar-refractivity contribution in [3.8, 4) is 0 Å². The molecule has 1 aromatic heterocycles. The first-order chi connectivity index (χ1) is 10.0. The lowest BCUT2D eigenvalue weighted by Crippen LogP contribution is -2.36. The third kappa shape index (κ3) is 3.84. The van der Waals surface area contributed by atoms with Crippen molar-refractivity contribution in [2.45, 2.75) is 65.5 Å². The van der Waals surface area contributed by atoms with E-state index in [2.05, 4.69) is 24.3 Å². The Kier molecular flexibility index (Phi) is 5.39. The van der Waals surface area contributed by atoms with E-state index in [4.69, 9.17) is 0 Å². The molecule has 1 aliphatic carbocycles. The largest absolute Gasteiger partial charge is 0.393 e. The molecule has 0 atom stereocenters. The average molecular weight is 293 g/mol. The van der Waals surface area contributed by atoms with E-state index in [1.54, 1.807) is 0 Å². The van der Waals surface area contributed by atoms with E-state index < -0.39 is 0 Å². The number of hydrogen-bond acceptors (Lipinski definition) is 3. The summed E-state index contributed by atoms with van der Waals surface area (Å²) < 4.78 is 1.99. The molecule has 0 saturated heterocycles. The van der Waals surface area contributed by atoms with Gasteiger partial charge in [0.15, 0.2) is 0 Å². The highest BCUT2D eigenvalue weighted by atomic mass is 16.3. The van der Waals surface area contributed by atoms with E-state index in [-0.39, 0.29) is 17.9 Å². The van der Waals surface area contributed by atoms with E-state index in [0.29, 0.717) is 13.1 Å². The van der Waals surface area contributed by atoms with E-state index >= 15 is 0 Å². The number of hydrogen-bond donors (Lipinski definition) is 2. The van der Waals surface area contributed by atoms with Gasteiger partial charge in [0, 0.05) is 18.2 Å². The summed E-state index contributed by atoms with van der Waals surface area (Å²) in [4.78, 5) is 12.1. The van der Waals surface area contributed by atoms with Crippen molar-refractivity contribution < 1.29 is 9.90 Å². The minimum Gasteiger partial charge on any atom is -0.393 e. The number of nitrogens with one attached hydrogen (secondary N) is 1. The Balaban J connectivity index is 1.80. The zero-order valence-corrected chi connectivity index (χ0v) is 13.4. The van der Waals surface area contributed by atoms with Gasteiger partial charge < -0.3 is 10.4 Å². The Bertz CT molecular complexity index is 488. The number of carbonyl (C=O) groups is 1. The first-order valence-corrected chi connectivity index (χ1v) is 8.01. The highest BCUT2D eigenvalue weighted by Gasteiger charge is 2.24. The van der Waals surface area contributed by atoms with Crippen LogP contribution in [0.2, 0.25) is 0 Å². The fourth-order valence-electron chi connectivity index (χ4n) is 3.23. The number of aryl methyl sites for hydroxylation is 1. The number of amides is 1. The predicted octanol–water partition coefficient (Wildman–Crippen LogP) is 1.73. The highest BCUT2D eigenvalue weighted by Crippen LogP contribution is 2.24. The van der Waals surface area contributed by atoms with Gasteiger partial charge in [0.05, 0.1) is 18.3 Å². The second kappa shape index (κ2) is 7.07. The molecular formula is C16H27N3O2. The molecule has 118 valence electrons. The summed E-state index contributed by atoms with van der Waals surface area (Å²) in [5, 5.41) is 17.0. The molecule has 2 N–H and O–H groups in total. The van der Waals surface area contributed by atoms with E-state index in [9.17, 15) is 9.90 Å². The topological polar surface area (TPSA) is 67.2 Å². The number of rotatable bonds is 5. The lowest BCUT2D eigenvalue weighted by molar-refractivity contribution is -0.126. The smallest absolute Gasteiger partial charge is 0.223 e.